The van der Waals surface area contributed by atoms with Gasteiger partial charge in [-0.25, -0.2) is 13.2 Å². The SMILES string of the molecule is Cc1cc(S(=O)(=O)NC(C)(C(=O)O)C(F)(F)F)ccc1Br. The van der Waals surface area contributed by atoms with Crippen molar-refractivity contribution < 1.29 is 31.5 Å². The maximum atomic E-state index is 12.8. The van der Waals surface area contributed by atoms with Gasteiger partial charge < -0.3 is 5.11 Å². The maximum absolute atomic E-state index is 12.8. The van der Waals surface area contributed by atoms with Gasteiger partial charge in [-0.05, 0) is 37.6 Å². The molecule has 118 valence electrons. The van der Waals surface area contributed by atoms with Crippen LogP contribution in [0, 0.1) is 6.92 Å². The molecule has 1 aromatic rings. The first-order valence-electron chi connectivity index (χ1n) is 5.41. The molecule has 0 amide bonds. The Morgan fingerprint density at radius 1 is 1.33 bits per heavy atom. The summed E-state index contributed by atoms with van der Waals surface area (Å²) in [5.74, 6) is -2.34. The van der Waals surface area contributed by atoms with Gasteiger partial charge in [0, 0.05) is 4.47 Å². The molecule has 0 aliphatic heterocycles. The molecule has 0 heterocycles. The van der Waals surface area contributed by atoms with E-state index in [1.54, 1.807) is 6.92 Å². The summed E-state index contributed by atoms with van der Waals surface area (Å²) in [6.07, 6.45) is -5.30. The molecule has 0 aliphatic rings. The molecule has 1 aromatic carbocycles. The molecule has 1 atom stereocenters. The quantitative estimate of drug-likeness (QED) is 0.828. The van der Waals surface area contributed by atoms with Crippen molar-refractivity contribution in [1.29, 1.82) is 0 Å². The van der Waals surface area contributed by atoms with E-state index in [0.29, 0.717) is 10.0 Å². The summed E-state index contributed by atoms with van der Waals surface area (Å²) in [5.41, 5.74) is -3.14. The Labute approximate surface area is 127 Å². The van der Waals surface area contributed by atoms with Crippen molar-refractivity contribution in [3.63, 3.8) is 0 Å². The highest BCUT2D eigenvalue weighted by Gasteiger charge is 2.59. The third-order valence-electron chi connectivity index (χ3n) is 2.77. The Balaban J connectivity index is 3.31. The van der Waals surface area contributed by atoms with Crippen LogP contribution in [0.5, 0.6) is 0 Å². The second kappa shape index (κ2) is 5.58. The normalized spacial score (nSPS) is 15.5. The summed E-state index contributed by atoms with van der Waals surface area (Å²) < 4.78 is 64.2. The Hall–Kier alpha value is -1.13. The van der Waals surface area contributed by atoms with Crippen LogP contribution in [0.1, 0.15) is 12.5 Å². The Morgan fingerprint density at radius 2 is 1.86 bits per heavy atom. The van der Waals surface area contributed by atoms with Crippen LogP contribution in [-0.4, -0.2) is 31.2 Å². The average molecular weight is 390 g/mol. The molecular formula is C11H11BrF3NO4S. The van der Waals surface area contributed by atoms with Crippen molar-refractivity contribution in [2.24, 2.45) is 0 Å². The zero-order chi connectivity index (χ0) is 16.6. The van der Waals surface area contributed by atoms with E-state index in [1.165, 1.54) is 10.8 Å². The number of nitrogens with one attached hydrogen (secondary N) is 1. The van der Waals surface area contributed by atoms with Gasteiger partial charge in [0.15, 0.2) is 0 Å². The van der Waals surface area contributed by atoms with Crippen molar-refractivity contribution in [1.82, 2.24) is 4.72 Å². The van der Waals surface area contributed by atoms with Crippen LogP contribution < -0.4 is 4.72 Å². The summed E-state index contributed by atoms with van der Waals surface area (Å²) >= 11 is 3.12. The van der Waals surface area contributed by atoms with Gasteiger partial charge in [-0.15, -0.1) is 0 Å². The van der Waals surface area contributed by atoms with Gasteiger partial charge >= 0.3 is 12.1 Å². The minimum Gasteiger partial charge on any atom is -0.480 e. The number of hydrogen-bond acceptors (Lipinski definition) is 3. The molecule has 0 saturated carbocycles. The third kappa shape index (κ3) is 3.55. The number of sulfonamides is 1. The van der Waals surface area contributed by atoms with E-state index in [1.807, 2.05) is 0 Å². The molecule has 0 radical (unpaired) electrons. The Kier molecular flexibility index (Phi) is 4.76. The topological polar surface area (TPSA) is 83.5 Å². The second-order valence-corrected chi connectivity index (χ2v) is 6.98. The lowest BCUT2D eigenvalue weighted by molar-refractivity contribution is -0.201. The van der Waals surface area contributed by atoms with Gasteiger partial charge in [0.05, 0.1) is 4.90 Å². The third-order valence-corrected chi connectivity index (χ3v) is 5.21. The summed E-state index contributed by atoms with van der Waals surface area (Å²) in [4.78, 5) is 10.4. The number of halogens is 4. The van der Waals surface area contributed by atoms with Gasteiger partial charge in [0.2, 0.25) is 15.6 Å². The first kappa shape index (κ1) is 17.9. The minimum absolute atomic E-state index is 0.249. The first-order valence-corrected chi connectivity index (χ1v) is 7.69. The van der Waals surface area contributed by atoms with Gasteiger partial charge in [-0.3, -0.25) is 0 Å². The van der Waals surface area contributed by atoms with Crippen LogP contribution in [0.4, 0.5) is 13.2 Å². The van der Waals surface area contributed by atoms with Gasteiger partial charge in [-0.1, -0.05) is 15.9 Å². The Bertz CT molecular complexity index is 675. The van der Waals surface area contributed by atoms with Crippen molar-refractivity contribution >= 4 is 31.9 Å². The highest BCUT2D eigenvalue weighted by atomic mass is 79.9. The van der Waals surface area contributed by atoms with E-state index < -0.39 is 32.6 Å². The highest BCUT2D eigenvalue weighted by Crippen LogP contribution is 2.32. The van der Waals surface area contributed by atoms with E-state index >= 15 is 0 Å². The number of carboxylic acids is 1. The van der Waals surface area contributed by atoms with Gasteiger partial charge in [-0.2, -0.15) is 17.9 Å². The van der Waals surface area contributed by atoms with Crippen LogP contribution in [-0.2, 0) is 14.8 Å². The van der Waals surface area contributed by atoms with Crippen LogP contribution in [0.2, 0.25) is 0 Å². The van der Waals surface area contributed by atoms with Crippen LogP contribution in [0.3, 0.4) is 0 Å². The molecule has 0 aliphatic carbocycles. The summed E-state index contributed by atoms with van der Waals surface area (Å²) in [7, 11) is -4.66. The molecule has 0 saturated heterocycles. The van der Waals surface area contributed by atoms with Gasteiger partial charge in [0.25, 0.3) is 0 Å². The fourth-order valence-corrected chi connectivity index (χ4v) is 3.02. The molecule has 2 N–H and O–H groups in total. The van der Waals surface area contributed by atoms with Crippen molar-refractivity contribution in [3.05, 3.63) is 28.2 Å². The molecule has 5 nitrogen and oxygen atoms in total. The number of rotatable bonds is 4. The lowest BCUT2D eigenvalue weighted by Crippen LogP contribution is -2.61. The number of carbonyl (C=O) groups is 1. The molecule has 1 rings (SSSR count). The Morgan fingerprint density at radius 3 is 2.24 bits per heavy atom. The summed E-state index contributed by atoms with van der Waals surface area (Å²) in [6, 6.07) is 3.54. The zero-order valence-electron chi connectivity index (χ0n) is 10.8. The highest BCUT2D eigenvalue weighted by molar-refractivity contribution is 9.10. The van der Waals surface area contributed by atoms with E-state index in [0.717, 1.165) is 12.1 Å². The van der Waals surface area contributed by atoms with Gasteiger partial charge in [0.1, 0.15) is 0 Å². The van der Waals surface area contributed by atoms with E-state index in [9.17, 15) is 26.4 Å². The molecule has 10 heteroatoms. The monoisotopic (exact) mass is 389 g/mol. The predicted molar refractivity (Wildman–Crippen MR) is 71.3 cm³/mol. The van der Waals surface area contributed by atoms with E-state index in [2.05, 4.69) is 15.9 Å². The number of carboxylic acid groups (broad SMARTS) is 1. The largest absolute Gasteiger partial charge is 0.480 e. The number of benzene rings is 1. The van der Waals surface area contributed by atoms with E-state index in [4.69, 9.17) is 5.11 Å². The average Bonchev–Trinajstić information content (AvgIpc) is 2.30. The molecule has 0 aromatic heterocycles. The number of alkyl halides is 3. The van der Waals surface area contributed by atoms with Crippen molar-refractivity contribution in [2.75, 3.05) is 0 Å². The smallest absolute Gasteiger partial charge is 0.418 e. The molecular weight excluding hydrogens is 379 g/mol. The standard InChI is InChI=1S/C11H11BrF3NO4S/c1-6-5-7(3-4-8(6)12)21(19,20)16-10(2,9(17)18)11(13,14)15/h3-5,16H,1-2H3,(H,17,18). The second-order valence-electron chi connectivity index (χ2n) is 4.44. The lowest BCUT2D eigenvalue weighted by Gasteiger charge is -2.28. The van der Waals surface area contributed by atoms with Crippen LogP contribution in [0.25, 0.3) is 0 Å². The number of aryl methyl sites for hydroxylation is 1. The van der Waals surface area contributed by atoms with Crippen LogP contribution >= 0.6 is 15.9 Å². The molecule has 21 heavy (non-hydrogen) atoms. The fraction of sp³-hybridized carbons (Fsp3) is 0.364. The number of hydrogen-bond donors (Lipinski definition) is 2. The molecule has 0 spiro atoms. The minimum atomic E-state index is -5.30. The molecule has 1 unspecified atom stereocenters. The maximum Gasteiger partial charge on any atom is 0.418 e. The number of aliphatic carboxylic acids is 1. The van der Waals surface area contributed by atoms with Crippen molar-refractivity contribution in [3.8, 4) is 0 Å². The molecule has 0 fully saturated rings. The lowest BCUT2D eigenvalue weighted by atomic mass is 10.0. The summed E-state index contributed by atoms with van der Waals surface area (Å²) in [5, 5.41) is 8.72. The van der Waals surface area contributed by atoms with Crippen LogP contribution in [0.15, 0.2) is 27.6 Å². The zero-order valence-corrected chi connectivity index (χ0v) is 13.2. The first-order chi connectivity index (χ1) is 9.31. The predicted octanol–water partition coefficient (Wildman–Crippen LogP) is 2.44. The molecule has 0 bridgehead atoms. The fourth-order valence-electron chi connectivity index (χ4n) is 1.33. The van der Waals surface area contributed by atoms with E-state index in [-0.39, 0.29) is 6.92 Å². The van der Waals surface area contributed by atoms with Crippen molar-refractivity contribution in [2.45, 2.75) is 30.5 Å². The summed E-state index contributed by atoms with van der Waals surface area (Å²) in [6.45, 7) is 1.79.